The SMILES string of the molecule is CCC1CCCCN1C(=O)COC(=O)C1CC(O)CN1C(=O)Cc1ccccc1F. The van der Waals surface area contributed by atoms with Gasteiger partial charge in [-0.15, -0.1) is 0 Å². The number of benzene rings is 1. The molecule has 0 saturated carbocycles. The minimum atomic E-state index is -0.976. The highest BCUT2D eigenvalue weighted by Gasteiger charge is 2.40. The van der Waals surface area contributed by atoms with E-state index in [0.29, 0.717) is 6.54 Å². The summed E-state index contributed by atoms with van der Waals surface area (Å²) in [6, 6.07) is 5.13. The molecule has 2 fully saturated rings. The average Bonchev–Trinajstić information content (AvgIpc) is 3.15. The molecule has 3 rings (SSSR count). The van der Waals surface area contributed by atoms with Crippen LogP contribution in [0.25, 0.3) is 0 Å². The maximum absolute atomic E-state index is 13.9. The molecule has 0 radical (unpaired) electrons. The summed E-state index contributed by atoms with van der Waals surface area (Å²) in [5.74, 6) is -1.92. The number of aliphatic hydroxyl groups is 1. The first-order valence-electron chi connectivity index (χ1n) is 10.6. The maximum atomic E-state index is 13.9. The second-order valence-electron chi connectivity index (χ2n) is 7.97. The molecule has 0 spiro atoms. The minimum Gasteiger partial charge on any atom is -0.454 e. The van der Waals surface area contributed by atoms with Gasteiger partial charge in [0.05, 0.1) is 12.5 Å². The van der Waals surface area contributed by atoms with Crippen molar-refractivity contribution in [1.29, 1.82) is 0 Å². The van der Waals surface area contributed by atoms with E-state index in [9.17, 15) is 23.9 Å². The van der Waals surface area contributed by atoms with Crippen molar-refractivity contribution in [3.05, 3.63) is 35.6 Å². The smallest absolute Gasteiger partial charge is 0.329 e. The minimum absolute atomic E-state index is 0.0228. The summed E-state index contributed by atoms with van der Waals surface area (Å²) in [6.45, 7) is 2.29. The van der Waals surface area contributed by atoms with Gasteiger partial charge in [-0.2, -0.15) is 0 Å². The van der Waals surface area contributed by atoms with Gasteiger partial charge in [0.15, 0.2) is 6.61 Å². The number of hydrogen-bond acceptors (Lipinski definition) is 5. The molecule has 2 amide bonds. The molecule has 3 atom stereocenters. The van der Waals surface area contributed by atoms with Crippen LogP contribution in [0.2, 0.25) is 0 Å². The molecule has 164 valence electrons. The molecule has 7 nitrogen and oxygen atoms in total. The quantitative estimate of drug-likeness (QED) is 0.708. The fourth-order valence-electron chi connectivity index (χ4n) is 4.28. The lowest BCUT2D eigenvalue weighted by atomic mass is 10.00. The van der Waals surface area contributed by atoms with Crippen LogP contribution in [-0.2, 0) is 25.5 Å². The molecule has 1 aromatic rings. The Morgan fingerprint density at radius 1 is 1.17 bits per heavy atom. The number of rotatable bonds is 6. The first-order chi connectivity index (χ1) is 14.4. The Hall–Kier alpha value is -2.48. The van der Waals surface area contributed by atoms with E-state index in [1.165, 1.54) is 23.1 Å². The van der Waals surface area contributed by atoms with Crippen LogP contribution in [0.1, 0.15) is 44.6 Å². The number of ether oxygens (including phenoxy) is 1. The highest BCUT2D eigenvalue weighted by molar-refractivity contribution is 5.88. The summed E-state index contributed by atoms with van der Waals surface area (Å²) in [6.07, 6.45) is 2.78. The summed E-state index contributed by atoms with van der Waals surface area (Å²) in [4.78, 5) is 40.8. The summed E-state index contributed by atoms with van der Waals surface area (Å²) < 4.78 is 19.1. The summed E-state index contributed by atoms with van der Waals surface area (Å²) in [7, 11) is 0. The number of β-amino-alcohol motifs (C(OH)–C–C–N with tert-alkyl or cyclic N) is 1. The third-order valence-electron chi connectivity index (χ3n) is 5.93. The number of halogens is 1. The number of carbonyl (C=O) groups excluding carboxylic acids is 3. The number of likely N-dealkylation sites (tertiary alicyclic amines) is 2. The fraction of sp³-hybridized carbons (Fsp3) is 0.591. The zero-order valence-corrected chi connectivity index (χ0v) is 17.3. The first kappa shape index (κ1) is 22.2. The Balaban J connectivity index is 1.59. The molecule has 2 saturated heterocycles. The number of amides is 2. The molecule has 0 aliphatic carbocycles. The van der Waals surface area contributed by atoms with Gasteiger partial charge in [-0.1, -0.05) is 25.1 Å². The standard InChI is InChI=1S/C22H29FN2O5/c1-2-16-8-5-6-10-24(16)21(28)14-30-22(29)19-12-17(26)13-25(19)20(27)11-15-7-3-4-9-18(15)23/h3-4,7,9,16-17,19,26H,2,5-6,8,10-14H2,1H3. The van der Waals surface area contributed by atoms with Crippen molar-refractivity contribution >= 4 is 17.8 Å². The van der Waals surface area contributed by atoms with E-state index in [0.717, 1.165) is 25.7 Å². The Labute approximate surface area is 175 Å². The lowest BCUT2D eigenvalue weighted by Crippen LogP contribution is -2.47. The Morgan fingerprint density at radius 2 is 1.93 bits per heavy atom. The Morgan fingerprint density at radius 3 is 2.67 bits per heavy atom. The van der Waals surface area contributed by atoms with Gasteiger partial charge in [-0.3, -0.25) is 9.59 Å². The predicted molar refractivity (Wildman–Crippen MR) is 107 cm³/mol. The lowest BCUT2D eigenvalue weighted by Gasteiger charge is -2.35. The van der Waals surface area contributed by atoms with E-state index in [-0.39, 0.29) is 43.5 Å². The van der Waals surface area contributed by atoms with Crippen LogP contribution in [0, 0.1) is 5.82 Å². The maximum Gasteiger partial charge on any atom is 0.329 e. The van der Waals surface area contributed by atoms with Crippen molar-refractivity contribution in [2.24, 2.45) is 0 Å². The van der Waals surface area contributed by atoms with E-state index in [4.69, 9.17) is 4.74 Å². The molecule has 0 aromatic heterocycles. The van der Waals surface area contributed by atoms with Crippen LogP contribution in [0.3, 0.4) is 0 Å². The van der Waals surface area contributed by atoms with Gasteiger partial charge in [-0.05, 0) is 37.3 Å². The van der Waals surface area contributed by atoms with Crippen LogP contribution < -0.4 is 0 Å². The molecule has 2 aliphatic heterocycles. The highest BCUT2D eigenvalue weighted by atomic mass is 19.1. The molecular weight excluding hydrogens is 391 g/mol. The Kier molecular flexibility index (Phi) is 7.42. The molecule has 3 unspecified atom stereocenters. The monoisotopic (exact) mass is 420 g/mol. The van der Waals surface area contributed by atoms with Crippen molar-refractivity contribution < 1.29 is 28.6 Å². The first-order valence-corrected chi connectivity index (χ1v) is 10.6. The summed E-state index contributed by atoms with van der Waals surface area (Å²) >= 11 is 0. The molecule has 2 aliphatic rings. The van der Waals surface area contributed by atoms with E-state index >= 15 is 0 Å². The molecule has 1 aromatic carbocycles. The second-order valence-corrected chi connectivity index (χ2v) is 7.97. The molecule has 8 heteroatoms. The third kappa shape index (κ3) is 5.16. The van der Waals surface area contributed by atoms with Crippen LogP contribution in [0.5, 0.6) is 0 Å². The summed E-state index contributed by atoms with van der Waals surface area (Å²) in [5.41, 5.74) is 0.224. The number of aliphatic hydroxyl groups excluding tert-OH is 1. The zero-order chi connectivity index (χ0) is 21.7. The topological polar surface area (TPSA) is 87.2 Å². The zero-order valence-electron chi connectivity index (χ0n) is 17.3. The number of hydrogen-bond donors (Lipinski definition) is 1. The second kappa shape index (κ2) is 10.0. The van der Waals surface area contributed by atoms with Crippen molar-refractivity contribution in [2.45, 2.75) is 63.6 Å². The van der Waals surface area contributed by atoms with Gasteiger partial charge in [-0.25, -0.2) is 9.18 Å². The average molecular weight is 420 g/mol. The van der Waals surface area contributed by atoms with E-state index in [1.807, 2.05) is 6.92 Å². The van der Waals surface area contributed by atoms with Crippen molar-refractivity contribution in [2.75, 3.05) is 19.7 Å². The summed E-state index contributed by atoms with van der Waals surface area (Å²) in [5, 5.41) is 9.99. The number of carbonyl (C=O) groups is 3. The molecule has 2 heterocycles. The van der Waals surface area contributed by atoms with E-state index in [2.05, 4.69) is 0 Å². The van der Waals surface area contributed by atoms with E-state index < -0.39 is 29.8 Å². The third-order valence-corrected chi connectivity index (χ3v) is 5.93. The van der Waals surface area contributed by atoms with Gasteiger partial charge >= 0.3 is 5.97 Å². The van der Waals surface area contributed by atoms with Crippen molar-refractivity contribution in [3.63, 3.8) is 0 Å². The van der Waals surface area contributed by atoms with Crippen LogP contribution in [-0.4, -0.2) is 70.6 Å². The van der Waals surface area contributed by atoms with Crippen LogP contribution >= 0.6 is 0 Å². The normalized spacial score (nSPS) is 24.0. The predicted octanol–water partition coefficient (Wildman–Crippen LogP) is 1.66. The van der Waals surface area contributed by atoms with Crippen molar-refractivity contribution in [1.82, 2.24) is 9.80 Å². The van der Waals surface area contributed by atoms with Crippen LogP contribution in [0.15, 0.2) is 24.3 Å². The van der Waals surface area contributed by atoms with E-state index in [1.54, 1.807) is 11.0 Å². The molecule has 30 heavy (non-hydrogen) atoms. The van der Waals surface area contributed by atoms with Gasteiger partial charge in [0.1, 0.15) is 11.9 Å². The fourth-order valence-corrected chi connectivity index (χ4v) is 4.28. The van der Waals surface area contributed by atoms with Crippen molar-refractivity contribution in [3.8, 4) is 0 Å². The number of nitrogens with zero attached hydrogens (tertiary/aromatic N) is 2. The largest absolute Gasteiger partial charge is 0.454 e. The lowest BCUT2D eigenvalue weighted by molar-refractivity contribution is -0.159. The van der Waals surface area contributed by atoms with Gasteiger partial charge in [0.2, 0.25) is 5.91 Å². The molecule has 1 N–H and O–H groups in total. The van der Waals surface area contributed by atoms with Gasteiger partial charge < -0.3 is 19.6 Å². The molecular formula is C22H29FN2O5. The number of piperidine rings is 1. The Bertz CT molecular complexity index is 787. The molecule has 0 bridgehead atoms. The van der Waals surface area contributed by atoms with Crippen LogP contribution in [0.4, 0.5) is 4.39 Å². The number of esters is 1. The van der Waals surface area contributed by atoms with Gasteiger partial charge in [0, 0.05) is 25.6 Å². The van der Waals surface area contributed by atoms with Gasteiger partial charge in [0.25, 0.3) is 5.91 Å². The highest BCUT2D eigenvalue weighted by Crippen LogP contribution is 2.22.